The van der Waals surface area contributed by atoms with Gasteiger partial charge in [0.05, 0.1) is 11.5 Å². The Hall–Kier alpha value is -2.97. The van der Waals surface area contributed by atoms with E-state index in [0.717, 1.165) is 6.42 Å². The van der Waals surface area contributed by atoms with Crippen molar-refractivity contribution < 1.29 is 14.4 Å². The molecule has 0 spiro atoms. The van der Waals surface area contributed by atoms with E-state index in [9.17, 15) is 10.1 Å². The maximum absolute atomic E-state index is 10.9. The summed E-state index contributed by atoms with van der Waals surface area (Å²) in [7, 11) is 0. The topological polar surface area (TPSA) is 126 Å². The number of nitro groups is 1. The number of hydrogen-bond donors (Lipinski definition) is 1. The van der Waals surface area contributed by atoms with Crippen LogP contribution < -0.4 is 15.2 Å². The predicted molar refractivity (Wildman–Crippen MR) is 73.2 cm³/mol. The zero-order valence-corrected chi connectivity index (χ0v) is 11.2. The molecule has 0 aliphatic heterocycles. The van der Waals surface area contributed by atoms with Gasteiger partial charge in [-0.2, -0.15) is 9.97 Å². The number of nitrogens with two attached hydrogens (primary N) is 1. The van der Waals surface area contributed by atoms with Crippen LogP contribution in [0.25, 0.3) is 0 Å². The summed E-state index contributed by atoms with van der Waals surface area (Å²) >= 11 is 0. The number of nitrogen functional groups attached to an aromatic ring is 1. The fourth-order valence-electron chi connectivity index (χ4n) is 1.45. The first-order valence-electron chi connectivity index (χ1n) is 6.15. The van der Waals surface area contributed by atoms with Crippen LogP contribution in [0.15, 0.2) is 24.3 Å². The number of ether oxygens (including phenoxy) is 2. The van der Waals surface area contributed by atoms with Crippen molar-refractivity contribution in [3.8, 4) is 17.8 Å². The number of aromatic nitrogens is 3. The Morgan fingerprint density at radius 1 is 1.24 bits per heavy atom. The number of anilines is 1. The molecule has 0 aliphatic carbocycles. The third kappa shape index (κ3) is 3.75. The average Bonchev–Trinajstić information content (AvgIpc) is 2.45. The van der Waals surface area contributed by atoms with Crippen LogP contribution in [0.3, 0.4) is 0 Å². The highest BCUT2D eigenvalue weighted by Gasteiger charge is 2.16. The highest BCUT2D eigenvalue weighted by Crippen LogP contribution is 2.29. The molecule has 0 radical (unpaired) electrons. The first kappa shape index (κ1) is 14.4. The number of rotatable bonds is 6. The minimum Gasteiger partial charge on any atom is -0.463 e. The predicted octanol–water partition coefficient (Wildman–Crippen LogP) is 1.94. The normalized spacial score (nSPS) is 10.1. The largest absolute Gasteiger partial charge is 0.463 e. The molecule has 0 atom stereocenters. The second-order valence-corrected chi connectivity index (χ2v) is 3.93. The van der Waals surface area contributed by atoms with E-state index >= 15 is 0 Å². The smallest absolute Gasteiger partial charge is 0.330 e. The van der Waals surface area contributed by atoms with Gasteiger partial charge in [-0.1, -0.05) is 19.1 Å². The lowest BCUT2D eigenvalue weighted by molar-refractivity contribution is -0.385. The molecule has 0 saturated carbocycles. The van der Waals surface area contributed by atoms with E-state index in [2.05, 4.69) is 15.0 Å². The molecule has 2 rings (SSSR count). The third-order valence-electron chi connectivity index (χ3n) is 2.31. The average molecular weight is 291 g/mol. The van der Waals surface area contributed by atoms with Crippen molar-refractivity contribution in [1.29, 1.82) is 0 Å². The highest BCUT2D eigenvalue weighted by atomic mass is 16.6. The van der Waals surface area contributed by atoms with Gasteiger partial charge in [-0.15, -0.1) is 4.98 Å². The van der Waals surface area contributed by atoms with Gasteiger partial charge in [0, 0.05) is 6.07 Å². The molecule has 0 saturated heterocycles. The SMILES string of the molecule is CCCOc1nc(N)nc(Oc2ccccc2[N+](=O)[O-])n1. The lowest BCUT2D eigenvalue weighted by Gasteiger charge is -2.07. The lowest BCUT2D eigenvalue weighted by atomic mass is 10.3. The van der Waals surface area contributed by atoms with E-state index in [1.807, 2.05) is 6.92 Å². The van der Waals surface area contributed by atoms with Crippen molar-refractivity contribution in [1.82, 2.24) is 15.0 Å². The summed E-state index contributed by atoms with van der Waals surface area (Å²) in [5.74, 6) is -0.0840. The molecule has 0 unspecified atom stereocenters. The molecule has 0 bridgehead atoms. The number of nitro benzene ring substituents is 1. The molecular weight excluding hydrogens is 278 g/mol. The molecule has 21 heavy (non-hydrogen) atoms. The van der Waals surface area contributed by atoms with Gasteiger partial charge in [0.25, 0.3) is 0 Å². The second-order valence-electron chi connectivity index (χ2n) is 3.93. The van der Waals surface area contributed by atoms with Gasteiger partial charge < -0.3 is 15.2 Å². The van der Waals surface area contributed by atoms with Crippen molar-refractivity contribution >= 4 is 11.6 Å². The van der Waals surface area contributed by atoms with E-state index < -0.39 is 4.92 Å². The van der Waals surface area contributed by atoms with E-state index in [1.165, 1.54) is 18.2 Å². The first-order chi connectivity index (χ1) is 10.1. The molecule has 0 amide bonds. The Labute approximate surface area is 119 Å². The Morgan fingerprint density at radius 3 is 2.67 bits per heavy atom. The number of para-hydroxylation sites is 2. The van der Waals surface area contributed by atoms with Gasteiger partial charge in [-0.3, -0.25) is 10.1 Å². The summed E-state index contributed by atoms with van der Waals surface area (Å²) in [6, 6.07) is 5.73. The van der Waals surface area contributed by atoms with Gasteiger partial charge in [-0.05, 0) is 12.5 Å². The Morgan fingerprint density at radius 2 is 1.95 bits per heavy atom. The van der Waals surface area contributed by atoms with Crippen LogP contribution >= 0.6 is 0 Å². The fraction of sp³-hybridized carbons (Fsp3) is 0.250. The second kappa shape index (κ2) is 6.46. The number of hydrogen-bond acceptors (Lipinski definition) is 8. The lowest BCUT2D eigenvalue weighted by Crippen LogP contribution is -2.06. The molecule has 0 fully saturated rings. The molecule has 9 heteroatoms. The molecule has 1 aromatic carbocycles. The molecular formula is C12H13N5O4. The summed E-state index contributed by atoms with van der Waals surface area (Å²) in [4.78, 5) is 21.8. The van der Waals surface area contributed by atoms with Crippen LogP contribution in [0.5, 0.6) is 17.8 Å². The van der Waals surface area contributed by atoms with Crippen LogP contribution in [0, 0.1) is 10.1 Å². The van der Waals surface area contributed by atoms with E-state index in [4.69, 9.17) is 15.2 Å². The van der Waals surface area contributed by atoms with E-state index in [-0.39, 0.29) is 29.4 Å². The molecule has 0 aliphatic rings. The van der Waals surface area contributed by atoms with Crippen LogP contribution in [-0.2, 0) is 0 Å². The molecule has 1 heterocycles. The molecule has 9 nitrogen and oxygen atoms in total. The van der Waals surface area contributed by atoms with Crippen molar-refractivity contribution in [2.24, 2.45) is 0 Å². The van der Waals surface area contributed by atoms with Crippen molar-refractivity contribution in [2.75, 3.05) is 12.3 Å². The quantitative estimate of drug-likeness (QED) is 0.632. The molecule has 110 valence electrons. The standard InChI is InChI=1S/C12H13N5O4/c1-2-7-20-11-14-10(13)15-12(16-11)21-9-6-4-3-5-8(9)17(18)19/h3-6H,2,7H2,1H3,(H2,13,14,15,16). The van der Waals surface area contributed by atoms with Crippen LogP contribution in [0.4, 0.5) is 11.6 Å². The first-order valence-corrected chi connectivity index (χ1v) is 6.15. The van der Waals surface area contributed by atoms with E-state index in [1.54, 1.807) is 6.07 Å². The number of nitrogens with zero attached hydrogens (tertiary/aromatic N) is 4. The van der Waals surface area contributed by atoms with Gasteiger partial charge >= 0.3 is 17.7 Å². The van der Waals surface area contributed by atoms with Gasteiger partial charge in [0.1, 0.15) is 0 Å². The maximum Gasteiger partial charge on any atom is 0.330 e. The van der Waals surface area contributed by atoms with Gasteiger partial charge in [0.2, 0.25) is 11.7 Å². The maximum atomic E-state index is 10.9. The molecule has 1 aromatic heterocycles. The highest BCUT2D eigenvalue weighted by molar-refractivity contribution is 5.47. The van der Waals surface area contributed by atoms with Crippen molar-refractivity contribution in [3.05, 3.63) is 34.4 Å². The van der Waals surface area contributed by atoms with Gasteiger partial charge in [-0.25, -0.2) is 0 Å². The van der Waals surface area contributed by atoms with Crippen molar-refractivity contribution in [3.63, 3.8) is 0 Å². The summed E-state index contributed by atoms with van der Waals surface area (Å²) in [6.07, 6.45) is 0.770. The Bertz CT molecular complexity index is 649. The molecule has 2 N–H and O–H groups in total. The Balaban J connectivity index is 2.27. The minimum absolute atomic E-state index is 0.00883. The van der Waals surface area contributed by atoms with Crippen LogP contribution in [0.2, 0.25) is 0 Å². The number of benzene rings is 1. The van der Waals surface area contributed by atoms with Crippen LogP contribution in [0.1, 0.15) is 13.3 Å². The minimum atomic E-state index is -0.561. The zero-order valence-electron chi connectivity index (χ0n) is 11.2. The molecule has 2 aromatic rings. The monoisotopic (exact) mass is 291 g/mol. The summed E-state index contributed by atoms with van der Waals surface area (Å²) < 4.78 is 10.5. The van der Waals surface area contributed by atoms with E-state index in [0.29, 0.717) is 6.61 Å². The summed E-state index contributed by atoms with van der Waals surface area (Å²) in [6.45, 7) is 2.34. The van der Waals surface area contributed by atoms with Crippen LogP contribution in [-0.4, -0.2) is 26.5 Å². The van der Waals surface area contributed by atoms with Gasteiger partial charge in [0.15, 0.2) is 0 Å². The summed E-state index contributed by atoms with van der Waals surface area (Å²) in [5, 5.41) is 10.9. The fourth-order valence-corrected chi connectivity index (χ4v) is 1.45. The Kier molecular flexibility index (Phi) is 4.44. The van der Waals surface area contributed by atoms with Crippen molar-refractivity contribution in [2.45, 2.75) is 13.3 Å². The summed E-state index contributed by atoms with van der Waals surface area (Å²) in [5.41, 5.74) is 5.33. The third-order valence-corrected chi connectivity index (χ3v) is 2.31. The zero-order chi connectivity index (χ0) is 15.2.